The number of aliphatic carboxylic acids is 1. The molecule has 0 aromatic carbocycles. The van der Waals surface area contributed by atoms with Crippen molar-refractivity contribution in [1.29, 1.82) is 0 Å². The van der Waals surface area contributed by atoms with Gasteiger partial charge < -0.3 is 43.4 Å². The van der Waals surface area contributed by atoms with Crippen LogP contribution in [0.5, 0.6) is 0 Å². The lowest BCUT2D eigenvalue weighted by molar-refractivity contribution is -0.143. The summed E-state index contributed by atoms with van der Waals surface area (Å²) < 4.78 is 0. The van der Waals surface area contributed by atoms with Gasteiger partial charge in [0.25, 0.3) is 0 Å². The third-order valence-electron chi connectivity index (χ3n) is 5.00. The van der Waals surface area contributed by atoms with Gasteiger partial charge in [0.15, 0.2) is 0 Å². The fourth-order valence-corrected chi connectivity index (χ4v) is 3.12. The number of nitrogens with two attached hydrogens (primary N) is 3. The maximum absolute atomic E-state index is 12.9. The van der Waals surface area contributed by atoms with E-state index in [0.29, 0.717) is 25.8 Å². The van der Waals surface area contributed by atoms with Crippen molar-refractivity contribution in [2.24, 2.45) is 23.1 Å². The van der Waals surface area contributed by atoms with Crippen molar-refractivity contribution in [2.75, 3.05) is 6.54 Å². The monoisotopic (exact) mass is 488 g/mol. The van der Waals surface area contributed by atoms with E-state index < -0.39 is 59.9 Å². The first-order valence-corrected chi connectivity index (χ1v) is 11.4. The lowest BCUT2D eigenvalue weighted by Crippen LogP contribution is -2.59. The Morgan fingerprint density at radius 3 is 1.91 bits per heavy atom. The standard InChI is InChI=1S/C21H40N6O7/c1-11(2)10-13(23)18(30)25-14(6-4-5-9-22)19(31)27-17(12(3)28)20(32)26-15(21(33)34)7-8-16(24)29/h11-15,17,28H,4-10,22-23H2,1-3H3,(H2,24,29)(H,25,30)(H,26,32)(H,27,31)(H,33,34). The van der Waals surface area contributed by atoms with Gasteiger partial charge in [-0.05, 0) is 51.5 Å². The molecule has 0 fully saturated rings. The van der Waals surface area contributed by atoms with Crippen LogP contribution in [0.25, 0.3) is 0 Å². The van der Waals surface area contributed by atoms with Crippen molar-refractivity contribution >= 4 is 29.6 Å². The molecule has 0 bridgehead atoms. The molecule has 0 aliphatic heterocycles. The highest BCUT2D eigenvalue weighted by molar-refractivity contribution is 5.94. The Labute approximate surface area is 199 Å². The van der Waals surface area contributed by atoms with Crippen molar-refractivity contribution in [3.05, 3.63) is 0 Å². The first-order valence-electron chi connectivity index (χ1n) is 11.4. The van der Waals surface area contributed by atoms with Gasteiger partial charge in [-0.15, -0.1) is 0 Å². The number of carbonyl (C=O) groups excluding carboxylic acids is 4. The van der Waals surface area contributed by atoms with Crippen molar-refractivity contribution < 1.29 is 34.2 Å². The number of carbonyl (C=O) groups is 5. The largest absolute Gasteiger partial charge is 0.480 e. The summed E-state index contributed by atoms with van der Waals surface area (Å²) in [7, 11) is 0. The molecule has 0 saturated carbocycles. The molecule has 0 aromatic heterocycles. The molecule has 0 spiro atoms. The van der Waals surface area contributed by atoms with Crippen LogP contribution in [-0.2, 0) is 24.0 Å². The number of aliphatic hydroxyl groups is 1. The number of nitrogens with one attached hydrogen (secondary N) is 3. The van der Waals surface area contributed by atoms with E-state index in [4.69, 9.17) is 17.2 Å². The topological polar surface area (TPSA) is 240 Å². The zero-order valence-electron chi connectivity index (χ0n) is 20.1. The average Bonchev–Trinajstić information content (AvgIpc) is 2.72. The quantitative estimate of drug-likeness (QED) is 0.102. The molecular formula is C21H40N6O7. The Morgan fingerprint density at radius 2 is 1.44 bits per heavy atom. The highest BCUT2D eigenvalue weighted by Gasteiger charge is 2.32. The molecule has 5 atom stereocenters. The third-order valence-corrected chi connectivity index (χ3v) is 5.00. The molecule has 5 unspecified atom stereocenters. The SMILES string of the molecule is CC(C)CC(N)C(=O)NC(CCCCN)C(=O)NC(C(=O)NC(CCC(N)=O)C(=O)O)C(C)O. The minimum absolute atomic E-state index is 0.158. The molecule has 0 aliphatic rings. The number of carboxylic acids is 1. The zero-order valence-corrected chi connectivity index (χ0v) is 20.1. The van der Waals surface area contributed by atoms with Crippen LogP contribution in [0.3, 0.4) is 0 Å². The lowest BCUT2D eigenvalue weighted by atomic mass is 10.0. The molecule has 0 saturated heterocycles. The van der Waals surface area contributed by atoms with Crippen LogP contribution < -0.4 is 33.2 Å². The van der Waals surface area contributed by atoms with Crippen LogP contribution in [0, 0.1) is 5.92 Å². The molecule has 4 amide bonds. The summed E-state index contributed by atoms with van der Waals surface area (Å²) in [6, 6.07) is -4.84. The van der Waals surface area contributed by atoms with Crippen LogP contribution in [0.1, 0.15) is 59.3 Å². The fraction of sp³-hybridized carbons (Fsp3) is 0.762. The van der Waals surface area contributed by atoms with Crippen molar-refractivity contribution in [3.63, 3.8) is 0 Å². The molecule has 0 aliphatic carbocycles. The van der Waals surface area contributed by atoms with E-state index in [1.807, 2.05) is 13.8 Å². The highest BCUT2D eigenvalue weighted by atomic mass is 16.4. The van der Waals surface area contributed by atoms with E-state index in [1.54, 1.807) is 0 Å². The van der Waals surface area contributed by atoms with Gasteiger partial charge in [-0.1, -0.05) is 13.8 Å². The van der Waals surface area contributed by atoms with Gasteiger partial charge in [-0.25, -0.2) is 4.79 Å². The summed E-state index contributed by atoms with van der Waals surface area (Å²) in [5, 5.41) is 26.4. The lowest BCUT2D eigenvalue weighted by Gasteiger charge is -2.26. The van der Waals surface area contributed by atoms with Gasteiger partial charge in [-0.2, -0.15) is 0 Å². The first-order chi connectivity index (χ1) is 15.8. The Balaban J connectivity index is 5.42. The molecule has 0 rings (SSSR count). The number of aliphatic hydroxyl groups excluding tert-OH is 1. The summed E-state index contributed by atoms with van der Waals surface area (Å²) in [6.45, 7) is 5.43. The molecule has 0 heterocycles. The summed E-state index contributed by atoms with van der Waals surface area (Å²) in [5.74, 6) is -4.23. The molecular weight excluding hydrogens is 448 g/mol. The predicted octanol–water partition coefficient (Wildman–Crippen LogP) is -2.33. The second-order valence-corrected chi connectivity index (χ2v) is 8.71. The Hall–Kier alpha value is -2.77. The summed E-state index contributed by atoms with van der Waals surface area (Å²) in [6.07, 6.45) is -0.209. The molecule has 11 N–H and O–H groups in total. The van der Waals surface area contributed by atoms with E-state index in [-0.39, 0.29) is 25.2 Å². The van der Waals surface area contributed by atoms with E-state index in [0.717, 1.165) is 0 Å². The Bertz CT molecular complexity index is 701. The summed E-state index contributed by atoms with van der Waals surface area (Å²) in [5.41, 5.74) is 16.4. The molecule has 196 valence electrons. The maximum Gasteiger partial charge on any atom is 0.326 e. The first kappa shape index (κ1) is 31.2. The van der Waals surface area contributed by atoms with Gasteiger partial charge >= 0.3 is 5.97 Å². The maximum atomic E-state index is 12.9. The summed E-state index contributed by atoms with van der Waals surface area (Å²) >= 11 is 0. The smallest absolute Gasteiger partial charge is 0.326 e. The van der Waals surface area contributed by atoms with Gasteiger partial charge in [0, 0.05) is 6.42 Å². The predicted molar refractivity (Wildman–Crippen MR) is 124 cm³/mol. The molecule has 0 aromatic rings. The third kappa shape index (κ3) is 12.5. The van der Waals surface area contributed by atoms with Gasteiger partial charge in [-0.3, -0.25) is 19.2 Å². The number of primary amides is 1. The van der Waals surface area contributed by atoms with Gasteiger partial charge in [0.2, 0.25) is 23.6 Å². The number of rotatable bonds is 17. The van der Waals surface area contributed by atoms with E-state index >= 15 is 0 Å². The van der Waals surface area contributed by atoms with E-state index in [1.165, 1.54) is 6.92 Å². The number of unbranched alkanes of at least 4 members (excludes halogenated alkanes) is 1. The van der Waals surface area contributed by atoms with Crippen molar-refractivity contribution in [2.45, 2.75) is 89.6 Å². The number of hydrogen-bond acceptors (Lipinski definition) is 8. The van der Waals surface area contributed by atoms with Crippen molar-refractivity contribution in [3.8, 4) is 0 Å². The molecule has 34 heavy (non-hydrogen) atoms. The highest BCUT2D eigenvalue weighted by Crippen LogP contribution is 2.07. The fourth-order valence-electron chi connectivity index (χ4n) is 3.12. The number of hydrogen-bond donors (Lipinski definition) is 8. The Morgan fingerprint density at radius 1 is 0.853 bits per heavy atom. The van der Waals surface area contributed by atoms with Gasteiger partial charge in [0.05, 0.1) is 12.1 Å². The van der Waals surface area contributed by atoms with Crippen LogP contribution in [0.2, 0.25) is 0 Å². The number of amides is 4. The van der Waals surface area contributed by atoms with Crippen LogP contribution in [-0.4, -0.2) is 76.6 Å². The van der Waals surface area contributed by atoms with Crippen LogP contribution in [0.4, 0.5) is 0 Å². The molecule has 13 nitrogen and oxygen atoms in total. The zero-order chi connectivity index (χ0) is 26.4. The second kappa shape index (κ2) is 16.0. The number of carboxylic acid groups (broad SMARTS) is 1. The van der Waals surface area contributed by atoms with Gasteiger partial charge in [0.1, 0.15) is 18.1 Å². The van der Waals surface area contributed by atoms with Crippen LogP contribution in [0.15, 0.2) is 0 Å². The minimum atomic E-state index is -1.51. The van der Waals surface area contributed by atoms with E-state index in [9.17, 15) is 34.2 Å². The average molecular weight is 489 g/mol. The van der Waals surface area contributed by atoms with E-state index in [2.05, 4.69) is 16.0 Å². The second-order valence-electron chi connectivity index (χ2n) is 8.71. The summed E-state index contributed by atoms with van der Waals surface area (Å²) in [4.78, 5) is 60.3. The Kier molecular flexibility index (Phi) is 14.7. The minimum Gasteiger partial charge on any atom is -0.480 e. The molecule has 0 radical (unpaired) electrons. The van der Waals surface area contributed by atoms with Crippen molar-refractivity contribution in [1.82, 2.24) is 16.0 Å². The van der Waals surface area contributed by atoms with Crippen LogP contribution >= 0.6 is 0 Å². The molecule has 13 heteroatoms. The normalized spacial score (nSPS) is 15.5.